The predicted octanol–water partition coefficient (Wildman–Crippen LogP) is 3.12. The van der Waals surface area contributed by atoms with Crippen LogP contribution in [-0.4, -0.2) is 48.0 Å². The second-order valence-electron chi connectivity index (χ2n) is 5.44. The number of nitrogens with zero attached hydrogens (tertiary/aromatic N) is 4. The van der Waals surface area contributed by atoms with Crippen LogP contribution in [-0.2, 0) is 10.2 Å². The van der Waals surface area contributed by atoms with Crippen LogP contribution in [0.2, 0.25) is 0 Å². The molecule has 0 saturated heterocycles. The number of aromatic nitrogens is 4. The lowest BCUT2D eigenvalue weighted by Crippen LogP contribution is -2.31. The lowest BCUT2D eigenvalue weighted by atomic mass is 10.1. The van der Waals surface area contributed by atoms with Crippen LogP contribution in [0.3, 0.4) is 0 Å². The zero-order valence-corrected chi connectivity index (χ0v) is 18.7. The Labute approximate surface area is 214 Å². The summed E-state index contributed by atoms with van der Waals surface area (Å²) in [7, 11) is -5.13. The summed E-state index contributed by atoms with van der Waals surface area (Å²) in [6, 6.07) is -3.99. The zero-order chi connectivity index (χ0) is 35.4. The quantitative estimate of drug-likeness (QED) is 0.382. The minimum atomic E-state index is -5.13. The molecule has 0 bridgehead atoms. The van der Waals surface area contributed by atoms with Gasteiger partial charge in [0.15, 0.2) is 5.82 Å². The Balaban J connectivity index is 2.23. The van der Waals surface area contributed by atoms with Crippen LogP contribution in [0, 0.1) is 6.92 Å². The number of ether oxygens (including phenoxy) is 2. The van der Waals surface area contributed by atoms with Gasteiger partial charge in [0, 0.05) is 28.8 Å². The number of halogens is 1. The van der Waals surface area contributed by atoms with Crippen molar-refractivity contribution in [2.24, 2.45) is 0 Å². The van der Waals surface area contributed by atoms with Crippen LogP contribution < -0.4 is 18.9 Å². The SMILES string of the molecule is [2H]c1nc(OC([2H])([2H])C([2H])([2H])Oc2ncnc(NS(=O)(=O)NC([2H])([2H])C([2H])([2H])C)c2-c2c([2H])c([2H])c(Br)c([2H])c2[2H])nc([2H])c1C. The highest BCUT2D eigenvalue weighted by Crippen LogP contribution is 2.34. The molecule has 0 aliphatic rings. The van der Waals surface area contributed by atoms with Crippen molar-refractivity contribution in [3.8, 4) is 23.0 Å². The standard InChI is InChI=1S/C20H23BrN6O4S/c1-3-8-26-32(28,29)27-18-17(15-4-6-16(21)7-5-15)19(25-13-24-18)30-9-10-31-20-22-11-14(2)12-23-20/h4-7,11-13,26H,3,8-10H2,1-2H3,(H,24,25,27)/i3D2,4D,5D,6D,7D,8D2,9D2,10D2,11D,12D. The molecule has 2 aromatic heterocycles. The highest BCUT2D eigenvalue weighted by atomic mass is 79.9. The molecule has 1 aromatic carbocycles. The summed E-state index contributed by atoms with van der Waals surface area (Å²) < 4.78 is 151. The fourth-order valence-electron chi connectivity index (χ4n) is 1.94. The minimum absolute atomic E-state index is 0.0137. The van der Waals surface area contributed by atoms with E-state index >= 15 is 0 Å². The van der Waals surface area contributed by atoms with Gasteiger partial charge in [-0.2, -0.15) is 13.1 Å². The number of hydrogen-bond donors (Lipinski definition) is 2. The van der Waals surface area contributed by atoms with Crippen LogP contribution in [0.15, 0.2) is 47.3 Å². The van der Waals surface area contributed by atoms with Crippen molar-refractivity contribution in [3.63, 3.8) is 0 Å². The van der Waals surface area contributed by atoms with E-state index in [9.17, 15) is 8.42 Å². The maximum atomic E-state index is 12.9. The molecule has 0 aliphatic heterocycles. The molecular formula is C20H23BrN6O4S. The van der Waals surface area contributed by atoms with E-state index in [1.54, 1.807) is 4.72 Å². The third-order valence-electron chi connectivity index (χ3n) is 3.17. The van der Waals surface area contributed by atoms with Gasteiger partial charge < -0.3 is 9.47 Å². The Kier molecular flexibility index (Phi) is 3.96. The van der Waals surface area contributed by atoms with E-state index in [1.165, 1.54) is 11.6 Å². The van der Waals surface area contributed by atoms with E-state index in [0.717, 1.165) is 6.92 Å². The molecule has 0 amide bonds. The van der Waals surface area contributed by atoms with Crippen LogP contribution in [0.1, 0.15) is 38.1 Å². The van der Waals surface area contributed by atoms with Crippen LogP contribution in [0.25, 0.3) is 11.1 Å². The van der Waals surface area contributed by atoms with Crippen molar-refractivity contribution in [3.05, 3.63) is 52.9 Å². The van der Waals surface area contributed by atoms with Gasteiger partial charge in [0.05, 0.1) is 19.3 Å². The van der Waals surface area contributed by atoms with Crippen molar-refractivity contribution in [1.82, 2.24) is 24.7 Å². The van der Waals surface area contributed by atoms with E-state index in [0.29, 0.717) is 6.33 Å². The molecule has 3 aromatic rings. The second-order valence-corrected chi connectivity index (χ2v) is 7.65. The fraction of sp³-hybridized carbons (Fsp3) is 0.300. The first-order chi connectivity index (χ1) is 20.7. The Hall–Kier alpha value is -2.83. The van der Waals surface area contributed by atoms with Crippen molar-refractivity contribution in [1.29, 1.82) is 0 Å². The number of rotatable bonds is 11. The molecule has 2 heterocycles. The largest absolute Gasteiger partial charge is 0.473 e. The summed E-state index contributed by atoms with van der Waals surface area (Å²) in [5, 5.41) is 0. The first-order valence-electron chi connectivity index (χ1n) is 15.4. The monoisotopic (exact) mass is 536 g/mol. The molecule has 3 rings (SSSR count). The predicted molar refractivity (Wildman–Crippen MR) is 124 cm³/mol. The lowest BCUT2D eigenvalue weighted by Gasteiger charge is -2.15. The van der Waals surface area contributed by atoms with Crippen molar-refractivity contribution in [2.75, 3.05) is 24.3 Å². The van der Waals surface area contributed by atoms with E-state index in [4.69, 9.17) is 28.7 Å². The highest BCUT2D eigenvalue weighted by molar-refractivity contribution is 9.10. The van der Waals surface area contributed by atoms with Gasteiger partial charge in [-0.05, 0) is 36.5 Å². The summed E-state index contributed by atoms with van der Waals surface area (Å²) in [4.78, 5) is 14.5. The lowest BCUT2D eigenvalue weighted by molar-refractivity contribution is 0.202. The topological polar surface area (TPSA) is 128 Å². The van der Waals surface area contributed by atoms with Gasteiger partial charge in [-0.15, -0.1) is 0 Å². The maximum Gasteiger partial charge on any atom is 0.316 e. The zero-order valence-electron chi connectivity index (χ0n) is 30.3. The number of hydrogen-bond acceptors (Lipinski definition) is 8. The molecule has 0 saturated carbocycles. The van der Waals surface area contributed by atoms with Gasteiger partial charge in [-0.25, -0.2) is 19.9 Å². The molecular weight excluding hydrogens is 500 g/mol. The molecule has 32 heavy (non-hydrogen) atoms. The summed E-state index contributed by atoms with van der Waals surface area (Å²) in [6.45, 7) is -8.31. The molecule has 0 fully saturated rings. The second kappa shape index (κ2) is 11.2. The van der Waals surface area contributed by atoms with Crippen LogP contribution in [0.4, 0.5) is 5.82 Å². The van der Waals surface area contributed by atoms with E-state index < -0.39 is 102 Å². The third-order valence-corrected chi connectivity index (χ3v) is 4.40. The Bertz CT molecular complexity index is 1740. The fourth-order valence-corrected chi connectivity index (χ4v) is 2.83. The van der Waals surface area contributed by atoms with Crippen LogP contribution in [0.5, 0.6) is 11.9 Å². The summed E-state index contributed by atoms with van der Waals surface area (Å²) in [5.41, 5.74) is -1.62. The van der Waals surface area contributed by atoms with Gasteiger partial charge >= 0.3 is 6.01 Å². The Morgan fingerprint density at radius 2 is 1.78 bits per heavy atom. The molecule has 0 spiro atoms. The molecule has 0 unspecified atom stereocenters. The number of anilines is 1. The third kappa shape index (κ3) is 6.84. The van der Waals surface area contributed by atoms with E-state index in [1.807, 2.05) is 0 Å². The normalized spacial score (nSPS) is 19.3. The molecule has 0 atom stereocenters. The van der Waals surface area contributed by atoms with Crippen molar-refractivity contribution < 1.29 is 37.1 Å². The van der Waals surface area contributed by atoms with E-state index in [2.05, 4.69) is 35.9 Å². The first kappa shape index (κ1) is 11.3. The Morgan fingerprint density at radius 3 is 2.47 bits per heavy atom. The molecule has 0 aliphatic carbocycles. The number of nitrogens with one attached hydrogen (secondary N) is 2. The van der Waals surface area contributed by atoms with Gasteiger partial charge in [0.1, 0.15) is 19.4 Å². The van der Waals surface area contributed by atoms with Crippen molar-refractivity contribution >= 4 is 32.0 Å². The van der Waals surface area contributed by atoms with Gasteiger partial charge in [-0.1, -0.05) is 34.9 Å². The average molecular weight is 537 g/mol. The molecule has 2 N–H and O–H groups in total. The molecule has 170 valence electrons. The number of benzene rings is 1. The Morgan fingerprint density at radius 1 is 1.09 bits per heavy atom. The van der Waals surface area contributed by atoms with Crippen molar-refractivity contribution in [2.45, 2.75) is 20.2 Å². The van der Waals surface area contributed by atoms with Gasteiger partial charge in [0.2, 0.25) is 5.88 Å². The van der Waals surface area contributed by atoms with Gasteiger partial charge in [-0.3, -0.25) is 4.72 Å². The summed E-state index contributed by atoms with van der Waals surface area (Å²) >= 11 is 2.91. The smallest absolute Gasteiger partial charge is 0.316 e. The average Bonchev–Trinajstić information content (AvgIpc) is 2.88. The summed E-state index contributed by atoms with van der Waals surface area (Å²) in [6.07, 6.45) is -3.22. The molecule has 10 nitrogen and oxygen atoms in total. The highest BCUT2D eigenvalue weighted by Gasteiger charge is 2.19. The molecule has 12 heteroatoms. The first-order valence-corrected chi connectivity index (χ1v) is 10.6. The minimum Gasteiger partial charge on any atom is -0.473 e. The molecule has 0 radical (unpaired) electrons. The van der Waals surface area contributed by atoms with Gasteiger partial charge in [0.25, 0.3) is 10.2 Å². The maximum absolute atomic E-state index is 12.9. The van der Waals surface area contributed by atoms with Crippen LogP contribution >= 0.6 is 15.9 Å². The summed E-state index contributed by atoms with van der Waals surface area (Å²) in [5.74, 6) is -2.00. The van der Waals surface area contributed by atoms with E-state index in [-0.39, 0.29) is 10.0 Å².